The molecule has 158 valence electrons. The molecule has 2 N–H and O–H groups in total. The zero-order valence-corrected chi connectivity index (χ0v) is 18.2. The summed E-state index contributed by atoms with van der Waals surface area (Å²) in [5.41, 5.74) is 1.56. The number of carbonyl (C=O) groups excluding carboxylic acids is 2. The zero-order chi connectivity index (χ0) is 21.8. The number of aromatic amines is 1. The van der Waals surface area contributed by atoms with Crippen LogP contribution in [0, 0.1) is 0 Å². The number of anilines is 1. The Kier molecular flexibility index (Phi) is 6.41. The number of aromatic nitrogens is 1. The molecule has 0 unspecified atom stereocenters. The second-order valence-corrected chi connectivity index (χ2v) is 7.55. The Bertz CT molecular complexity index is 1080. The molecule has 9 heteroatoms. The van der Waals surface area contributed by atoms with Crippen molar-refractivity contribution in [2.24, 2.45) is 0 Å². The number of hydrogen-bond acceptors (Lipinski definition) is 6. The van der Waals surface area contributed by atoms with Gasteiger partial charge in [-0.05, 0) is 42.1 Å². The summed E-state index contributed by atoms with van der Waals surface area (Å²) < 4.78 is 16.2. The van der Waals surface area contributed by atoms with Gasteiger partial charge in [-0.3, -0.25) is 9.59 Å². The van der Waals surface area contributed by atoms with Crippen LogP contribution in [0.15, 0.2) is 41.3 Å². The summed E-state index contributed by atoms with van der Waals surface area (Å²) in [6, 6.07) is 10.5. The molecule has 0 bridgehead atoms. The predicted octanol–water partition coefficient (Wildman–Crippen LogP) is 4.22. The van der Waals surface area contributed by atoms with Crippen molar-refractivity contribution in [2.75, 3.05) is 40.7 Å². The summed E-state index contributed by atoms with van der Waals surface area (Å²) in [5.74, 6) is 1.22. The minimum Gasteiger partial charge on any atom is -0.496 e. The third-order valence-corrected chi connectivity index (χ3v) is 5.41. The Morgan fingerprint density at radius 1 is 0.967 bits per heavy atom. The SMILES string of the molecule is COc1cc(OC)c2cc(C(=O)Nc3ccc(SC(=O)N(C)C)cc3)[nH]c2c1OC. The van der Waals surface area contributed by atoms with E-state index in [1.54, 1.807) is 57.6 Å². The first-order chi connectivity index (χ1) is 14.4. The molecule has 2 aromatic carbocycles. The minimum atomic E-state index is -0.320. The molecule has 0 spiro atoms. The van der Waals surface area contributed by atoms with Gasteiger partial charge in [-0.25, -0.2) is 0 Å². The third kappa shape index (κ3) is 4.30. The molecule has 0 aliphatic carbocycles. The Labute approximate surface area is 178 Å². The van der Waals surface area contributed by atoms with Crippen LogP contribution in [0.2, 0.25) is 0 Å². The number of ether oxygens (including phenoxy) is 3. The smallest absolute Gasteiger partial charge is 0.285 e. The van der Waals surface area contributed by atoms with Crippen LogP contribution in [0.3, 0.4) is 0 Å². The first kappa shape index (κ1) is 21.4. The summed E-state index contributed by atoms with van der Waals surface area (Å²) in [4.78, 5) is 29.9. The molecule has 30 heavy (non-hydrogen) atoms. The van der Waals surface area contributed by atoms with Gasteiger partial charge in [-0.2, -0.15) is 0 Å². The quantitative estimate of drug-likeness (QED) is 0.570. The second-order valence-electron chi connectivity index (χ2n) is 6.53. The van der Waals surface area contributed by atoms with Crippen LogP contribution in [0.5, 0.6) is 17.2 Å². The van der Waals surface area contributed by atoms with Crippen molar-refractivity contribution in [1.82, 2.24) is 9.88 Å². The largest absolute Gasteiger partial charge is 0.496 e. The third-order valence-electron chi connectivity index (χ3n) is 4.37. The number of H-pyrrole nitrogens is 1. The maximum absolute atomic E-state index is 12.8. The molecule has 0 saturated heterocycles. The molecule has 0 aliphatic rings. The van der Waals surface area contributed by atoms with Crippen molar-refractivity contribution in [2.45, 2.75) is 4.90 Å². The van der Waals surface area contributed by atoms with Crippen LogP contribution >= 0.6 is 11.8 Å². The number of fused-ring (bicyclic) bond motifs is 1. The fourth-order valence-corrected chi connectivity index (χ4v) is 3.51. The fourth-order valence-electron chi connectivity index (χ4n) is 2.86. The van der Waals surface area contributed by atoms with Gasteiger partial charge in [0.2, 0.25) is 0 Å². The van der Waals surface area contributed by atoms with Gasteiger partial charge in [0, 0.05) is 36.1 Å². The molecular weight excluding hydrogens is 406 g/mol. The van der Waals surface area contributed by atoms with Crippen LogP contribution in [0.4, 0.5) is 10.5 Å². The second kappa shape index (κ2) is 9.00. The average molecular weight is 429 g/mol. The Hall–Kier alpha value is -3.33. The van der Waals surface area contributed by atoms with Gasteiger partial charge in [0.25, 0.3) is 11.1 Å². The molecule has 3 aromatic rings. The van der Waals surface area contributed by atoms with Crippen molar-refractivity contribution in [3.63, 3.8) is 0 Å². The van der Waals surface area contributed by atoms with Crippen LogP contribution in [0.1, 0.15) is 10.5 Å². The van der Waals surface area contributed by atoms with Crippen molar-refractivity contribution in [3.05, 3.63) is 42.1 Å². The molecule has 1 heterocycles. The highest BCUT2D eigenvalue weighted by molar-refractivity contribution is 8.13. The maximum atomic E-state index is 12.8. The first-order valence-electron chi connectivity index (χ1n) is 9.00. The lowest BCUT2D eigenvalue weighted by Crippen LogP contribution is -2.16. The highest BCUT2D eigenvalue weighted by Gasteiger charge is 2.19. The van der Waals surface area contributed by atoms with E-state index in [2.05, 4.69) is 10.3 Å². The lowest BCUT2D eigenvalue weighted by atomic mass is 10.2. The molecule has 0 radical (unpaired) electrons. The number of amides is 2. The number of hydrogen-bond donors (Lipinski definition) is 2. The highest BCUT2D eigenvalue weighted by Crippen LogP contribution is 2.41. The number of carbonyl (C=O) groups is 2. The van der Waals surface area contributed by atoms with Crippen LogP contribution in [-0.2, 0) is 0 Å². The molecule has 0 aliphatic heterocycles. The van der Waals surface area contributed by atoms with E-state index in [0.717, 1.165) is 16.7 Å². The van der Waals surface area contributed by atoms with Crippen molar-refractivity contribution >= 4 is 39.5 Å². The topological polar surface area (TPSA) is 92.9 Å². The predicted molar refractivity (Wildman–Crippen MR) is 117 cm³/mol. The molecule has 0 atom stereocenters. The number of nitrogens with zero attached hydrogens (tertiary/aromatic N) is 1. The van der Waals surface area contributed by atoms with E-state index in [4.69, 9.17) is 14.2 Å². The molecule has 0 saturated carbocycles. The molecule has 1 aromatic heterocycles. The number of thioether (sulfide) groups is 1. The van der Waals surface area contributed by atoms with Gasteiger partial charge in [-0.15, -0.1) is 0 Å². The average Bonchev–Trinajstić information content (AvgIpc) is 3.19. The zero-order valence-electron chi connectivity index (χ0n) is 17.4. The molecule has 2 amide bonds. The lowest BCUT2D eigenvalue weighted by molar-refractivity contribution is 0.102. The summed E-state index contributed by atoms with van der Waals surface area (Å²) in [6.45, 7) is 0. The number of nitrogens with one attached hydrogen (secondary N) is 2. The monoisotopic (exact) mass is 429 g/mol. The van der Waals surface area contributed by atoms with E-state index >= 15 is 0 Å². The van der Waals surface area contributed by atoms with E-state index in [1.165, 1.54) is 19.1 Å². The van der Waals surface area contributed by atoms with Gasteiger partial charge in [0.1, 0.15) is 11.4 Å². The summed E-state index contributed by atoms with van der Waals surface area (Å²) in [5, 5.41) is 3.47. The van der Waals surface area contributed by atoms with Crippen LogP contribution in [-0.4, -0.2) is 56.5 Å². The van der Waals surface area contributed by atoms with E-state index in [-0.39, 0.29) is 11.1 Å². The van der Waals surface area contributed by atoms with Crippen molar-refractivity contribution in [3.8, 4) is 17.2 Å². The first-order valence-corrected chi connectivity index (χ1v) is 9.81. The van der Waals surface area contributed by atoms with Crippen LogP contribution < -0.4 is 19.5 Å². The summed E-state index contributed by atoms with van der Waals surface area (Å²) >= 11 is 1.12. The van der Waals surface area contributed by atoms with Crippen molar-refractivity contribution < 1.29 is 23.8 Å². The minimum absolute atomic E-state index is 0.0665. The maximum Gasteiger partial charge on any atom is 0.285 e. The number of rotatable bonds is 6. The lowest BCUT2D eigenvalue weighted by Gasteiger charge is -2.11. The summed E-state index contributed by atoms with van der Waals surface area (Å²) in [6.07, 6.45) is 0. The fraction of sp³-hybridized carbons (Fsp3) is 0.238. The van der Waals surface area contributed by atoms with Gasteiger partial charge >= 0.3 is 0 Å². The van der Waals surface area contributed by atoms with E-state index < -0.39 is 0 Å². The van der Waals surface area contributed by atoms with E-state index in [1.807, 2.05) is 0 Å². The molecule has 3 rings (SSSR count). The summed E-state index contributed by atoms with van der Waals surface area (Å²) in [7, 11) is 8.01. The number of methoxy groups -OCH3 is 3. The Morgan fingerprint density at radius 3 is 2.20 bits per heavy atom. The molecule has 8 nitrogen and oxygen atoms in total. The van der Waals surface area contributed by atoms with E-state index in [9.17, 15) is 9.59 Å². The van der Waals surface area contributed by atoms with E-state index in [0.29, 0.717) is 39.5 Å². The molecule has 0 fully saturated rings. The van der Waals surface area contributed by atoms with Gasteiger partial charge < -0.3 is 29.4 Å². The Balaban J connectivity index is 1.84. The van der Waals surface area contributed by atoms with Crippen LogP contribution in [0.25, 0.3) is 10.9 Å². The highest BCUT2D eigenvalue weighted by atomic mass is 32.2. The normalized spacial score (nSPS) is 10.6. The standard InChI is InChI=1S/C21H23N3O5S/c1-24(2)21(26)30-13-8-6-12(7-9-13)22-20(25)15-10-14-16(27-3)11-17(28-4)19(29-5)18(14)23-15/h6-11,23H,1-5H3,(H,22,25). The van der Waals surface area contributed by atoms with Gasteiger partial charge in [-0.1, -0.05) is 0 Å². The number of benzene rings is 2. The van der Waals surface area contributed by atoms with Gasteiger partial charge in [0.05, 0.1) is 26.8 Å². The molecular formula is C21H23N3O5S. The Morgan fingerprint density at radius 2 is 1.63 bits per heavy atom. The van der Waals surface area contributed by atoms with Gasteiger partial charge in [0.15, 0.2) is 11.5 Å². The van der Waals surface area contributed by atoms with Crippen molar-refractivity contribution in [1.29, 1.82) is 0 Å².